The average Bonchev–Trinajstić information content (AvgIpc) is 2.87. The second-order valence-corrected chi connectivity index (χ2v) is 6.49. The van der Waals surface area contributed by atoms with Crippen LogP contribution in [-0.2, 0) is 4.79 Å². The zero-order chi connectivity index (χ0) is 14.3. The summed E-state index contributed by atoms with van der Waals surface area (Å²) >= 11 is 17.6. The highest BCUT2D eigenvalue weighted by molar-refractivity contribution is 6.53. The van der Waals surface area contributed by atoms with E-state index < -0.39 is 21.6 Å². The topological polar surface area (TPSA) is 58.2 Å². The molecule has 1 aliphatic rings. The fourth-order valence-corrected chi connectivity index (χ4v) is 2.54. The number of benzene rings is 1. The van der Waals surface area contributed by atoms with Gasteiger partial charge in [0.1, 0.15) is 4.33 Å². The van der Waals surface area contributed by atoms with Crippen molar-refractivity contribution in [2.75, 3.05) is 0 Å². The van der Waals surface area contributed by atoms with Crippen LogP contribution in [0.3, 0.4) is 0 Å². The molecule has 0 spiro atoms. The van der Waals surface area contributed by atoms with Gasteiger partial charge in [0.2, 0.25) is 5.91 Å². The van der Waals surface area contributed by atoms with Crippen molar-refractivity contribution in [1.29, 1.82) is 0 Å². The van der Waals surface area contributed by atoms with Gasteiger partial charge in [-0.25, -0.2) is 0 Å². The zero-order valence-electron chi connectivity index (χ0n) is 9.97. The summed E-state index contributed by atoms with van der Waals surface area (Å²) in [6.07, 6.45) is 0.344. The molecule has 7 heteroatoms. The number of alkyl halides is 2. The molecule has 1 unspecified atom stereocenters. The van der Waals surface area contributed by atoms with Crippen molar-refractivity contribution in [2.24, 2.45) is 5.41 Å². The molecule has 1 atom stereocenters. The third-order valence-electron chi connectivity index (χ3n) is 3.17. The number of hydrogen-bond donors (Lipinski definition) is 2. The Bertz CT molecular complexity index is 548. The fraction of sp³-hybridized carbons (Fsp3) is 0.333. The minimum Gasteiger partial charge on any atom is -0.273 e. The minimum atomic E-state index is -1.08. The molecule has 1 saturated carbocycles. The Morgan fingerprint density at radius 2 is 1.79 bits per heavy atom. The van der Waals surface area contributed by atoms with E-state index in [-0.39, 0.29) is 5.56 Å². The van der Waals surface area contributed by atoms with E-state index >= 15 is 0 Å². The Labute approximate surface area is 125 Å². The maximum atomic E-state index is 11.8. The standard InChI is InChI=1S/C12H11Cl3N2O2/c1-11(6-12(11,14)15)10(19)17-16-9(18)7-4-2-3-5-8(7)13/h2-5H,6H2,1H3,(H,16,18)(H,17,19). The van der Waals surface area contributed by atoms with Crippen LogP contribution in [0.2, 0.25) is 5.02 Å². The van der Waals surface area contributed by atoms with Gasteiger partial charge in [0.25, 0.3) is 5.91 Å². The number of carbonyl (C=O) groups is 2. The molecule has 2 amide bonds. The molecule has 4 nitrogen and oxygen atoms in total. The monoisotopic (exact) mass is 320 g/mol. The van der Waals surface area contributed by atoms with Crippen LogP contribution in [0.5, 0.6) is 0 Å². The molecule has 0 saturated heterocycles. The maximum Gasteiger partial charge on any atom is 0.271 e. The van der Waals surface area contributed by atoms with E-state index in [1.54, 1.807) is 31.2 Å². The van der Waals surface area contributed by atoms with E-state index in [1.165, 1.54) is 0 Å². The van der Waals surface area contributed by atoms with Gasteiger partial charge >= 0.3 is 0 Å². The molecule has 0 aromatic heterocycles. The van der Waals surface area contributed by atoms with E-state index in [0.29, 0.717) is 11.4 Å². The van der Waals surface area contributed by atoms with Crippen LogP contribution < -0.4 is 10.9 Å². The second kappa shape index (κ2) is 4.85. The Morgan fingerprint density at radius 3 is 2.32 bits per heavy atom. The summed E-state index contributed by atoms with van der Waals surface area (Å²) in [5.74, 6) is -0.934. The summed E-state index contributed by atoms with van der Waals surface area (Å²) in [5, 5.41) is 0.302. The molecule has 1 aliphatic carbocycles. The first-order chi connectivity index (χ1) is 8.78. The molecular weight excluding hydrogens is 311 g/mol. The zero-order valence-corrected chi connectivity index (χ0v) is 12.2. The molecule has 19 heavy (non-hydrogen) atoms. The molecule has 1 fully saturated rings. The second-order valence-electron chi connectivity index (χ2n) is 4.60. The normalized spacial score (nSPS) is 23.6. The van der Waals surface area contributed by atoms with Crippen molar-refractivity contribution >= 4 is 46.6 Å². The molecule has 0 radical (unpaired) electrons. The van der Waals surface area contributed by atoms with Gasteiger partial charge in [-0.1, -0.05) is 23.7 Å². The van der Waals surface area contributed by atoms with Crippen LogP contribution in [0.4, 0.5) is 0 Å². The highest BCUT2D eigenvalue weighted by Crippen LogP contribution is 2.63. The highest BCUT2D eigenvalue weighted by atomic mass is 35.5. The number of hydrazine groups is 1. The lowest BCUT2D eigenvalue weighted by Crippen LogP contribution is -2.45. The summed E-state index contributed by atoms with van der Waals surface area (Å²) < 4.78 is -1.08. The lowest BCUT2D eigenvalue weighted by atomic mass is 10.1. The molecule has 0 heterocycles. The van der Waals surface area contributed by atoms with Gasteiger partial charge in [-0.05, 0) is 25.5 Å². The van der Waals surface area contributed by atoms with E-state index in [9.17, 15) is 9.59 Å². The van der Waals surface area contributed by atoms with Crippen molar-refractivity contribution < 1.29 is 9.59 Å². The molecule has 0 aliphatic heterocycles. The Morgan fingerprint density at radius 1 is 1.21 bits per heavy atom. The van der Waals surface area contributed by atoms with Crippen LogP contribution in [0.15, 0.2) is 24.3 Å². The number of carbonyl (C=O) groups excluding carboxylic acids is 2. The Kier molecular flexibility index (Phi) is 3.69. The molecule has 1 aromatic rings. The first-order valence-electron chi connectivity index (χ1n) is 5.51. The van der Waals surface area contributed by atoms with Crippen LogP contribution in [0.25, 0.3) is 0 Å². The molecule has 102 valence electrons. The SMILES string of the molecule is CC1(C(=O)NNC(=O)c2ccccc2Cl)CC1(Cl)Cl. The molecular formula is C12H11Cl3N2O2. The Balaban J connectivity index is 1.96. The van der Waals surface area contributed by atoms with Crippen molar-refractivity contribution in [3.63, 3.8) is 0 Å². The van der Waals surface area contributed by atoms with E-state index in [1.807, 2.05) is 0 Å². The van der Waals surface area contributed by atoms with Crippen LogP contribution >= 0.6 is 34.8 Å². The van der Waals surface area contributed by atoms with Gasteiger partial charge in [0, 0.05) is 0 Å². The summed E-state index contributed by atoms with van der Waals surface area (Å²) in [6, 6.07) is 6.52. The van der Waals surface area contributed by atoms with Crippen molar-refractivity contribution in [1.82, 2.24) is 10.9 Å². The van der Waals surface area contributed by atoms with E-state index in [2.05, 4.69) is 10.9 Å². The lowest BCUT2D eigenvalue weighted by molar-refractivity contribution is -0.126. The largest absolute Gasteiger partial charge is 0.273 e. The minimum absolute atomic E-state index is 0.272. The molecule has 0 bridgehead atoms. The number of halogens is 3. The fourth-order valence-electron chi connectivity index (χ4n) is 1.61. The van der Waals surface area contributed by atoms with Gasteiger partial charge in [-0.2, -0.15) is 0 Å². The predicted octanol–water partition coefficient (Wildman–Crippen LogP) is 2.68. The third kappa shape index (κ3) is 2.66. The molecule has 2 rings (SSSR count). The van der Waals surface area contributed by atoms with Gasteiger partial charge in [0.15, 0.2) is 0 Å². The maximum absolute atomic E-state index is 11.8. The predicted molar refractivity (Wildman–Crippen MR) is 74.2 cm³/mol. The lowest BCUT2D eigenvalue weighted by Gasteiger charge is -2.13. The van der Waals surface area contributed by atoms with Crippen LogP contribution in [0.1, 0.15) is 23.7 Å². The quantitative estimate of drug-likeness (QED) is 0.650. The number of amides is 2. The van der Waals surface area contributed by atoms with Crippen LogP contribution in [-0.4, -0.2) is 16.1 Å². The van der Waals surface area contributed by atoms with Crippen molar-refractivity contribution in [3.8, 4) is 0 Å². The summed E-state index contributed by atoms with van der Waals surface area (Å²) in [7, 11) is 0. The van der Waals surface area contributed by atoms with Crippen molar-refractivity contribution in [2.45, 2.75) is 17.7 Å². The van der Waals surface area contributed by atoms with Gasteiger partial charge in [0.05, 0.1) is 16.0 Å². The highest BCUT2D eigenvalue weighted by Gasteiger charge is 2.68. The molecule has 1 aromatic carbocycles. The molecule has 2 N–H and O–H groups in total. The van der Waals surface area contributed by atoms with E-state index in [4.69, 9.17) is 34.8 Å². The third-order valence-corrected chi connectivity index (χ3v) is 4.60. The summed E-state index contributed by atoms with van der Waals surface area (Å²) in [6.45, 7) is 1.63. The Hall–Kier alpha value is -0.970. The van der Waals surface area contributed by atoms with Gasteiger partial charge < -0.3 is 0 Å². The van der Waals surface area contributed by atoms with E-state index in [0.717, 1.165) is 0 Å². The number of hydrogen-bond acceptors (Lipinski definition) is 2. The number of nitrogens with one attached hydrogen (secondary N) is 2. The summed E-state index contributed by atoms with van der Waals surface area (Å²) in [4.78, 5) is 23.6. The van der Waals surface area contributed by atoms with Crippen LogP contribution in [0, 0.1) is 5.41 Å². The first-order valence-corrected chi connectivity index (χ1v) is 6.64. The average molecular weight is 322 g/mol. The van der Waals surface area contributed by atoms with Gasteiger partial charge in [-0.3, -0.25) is 20.4 Å². The van der Waals surface area contributed by atoms with Gasteiger partial charge in [-0.15, -0.1) is 23.2 Å². The van der Waals surface area contributed by atoms with Crippen molar-refractivity contribution in [3.05, 3.63) is 34.9 Å². The summed E-state index contributed by atoms with van der Waals surface area (Å²) in [5.41, 5.74) is 3.97. The smallest absolute Gasteiger partial charge is 0.271 e. The first kappa shape index (κ1) is 14.4. The number of rotatable bonds is 2.